The van der Waals surface area contributed by atoms with Gasteiger partial charge >= 0.3 is 5.97 Å². The minimum Gasteiger partial charge on any atom is -0.478 e. The van der Waals surface area contributed by atoms with Crippen LogP contribution in [0.15, 0.2) is 11.1 Å². The molecule has 0 fully saturated rings. The number of carboxylic acid groups (broad SMARTS) is 1. The van der Waals surface area contributed by atoms with Crippen molar-refractivity contribution in [3.8, 4) is 0 Å². The molecule has 0 aromatic heterocycles. The van der Waals surface area contributed by atoms with E-state index in [0.717, 1.165) is 31.3 Å². The summed E-state index contributed by atoms with van der Waals surface area (Å²) >= 11 is 0. The highest BCUT2D eigenvalue weighted by Crippen LogP contribution is 2.15. The summed E-state index contributed by atoms with van der Waals surface area (Å²) in [6.45, 7) is 5.82. The Balaban J connectivity index is 4.28. The Morgan fingerprint density at radius 1 is 1.33 bits per heavy atom. The Kier molecular flexibility index (Phi) is 5.43. The molecule has 2 heteroatoms. The average Bonchev–Trinajstić information content (AvgIpc) is 2.05. The van der Waals surface area contributed by atoms with Crippen LogP contribution in [0.4, 0.5) is 0 Å². The van der Waals surface area contributed by atoms with Crippen molar-refractivity contribution in [1.29, 1.82) is 0 Å². The minimum atomic E-state index is -0.775. The molecule has 0 saturated carbocycles. The Morgan fingerprint density at radius 3 is 2.25 bits per heavy atom. The van der Waals surface area contributed by atoms with Gasteiger partial charge in [-0.3, -0.25) is 0 Å². The normalized spacial score (nSPS) is 12.6. The molecule has 0 aromatic rings. The molecule has 0 aliphatic carbocycles. The lowest BCUT2D eigenvalue weighted by Gasteiger charge is -2.05. The van der Waals surface area contributed by atoms with E-state index in [2.05, 4.69) is 6.92 Å². The predicted octanol–water partition coefficient (Wildman–Crippen LogP) is 2.99. The van der Waals surface area contributed by atoms with Gasteiger partial charge in [-0.2, -0.15) is 0 Å². The smallest absolute Gasteiger partial charge is 0.331 e. The molecule has 0 bridgehead atoms. The van der Waals surface area contributed by atoms with Crippen LogP contribution in [0, 0.1) is 0 Å². The van der Waals surface area contributed by atoms with Crippen molar-refractivity contribution in [2.45, 2.75) is 46.5 Å². The van der Waals surface area contributed by atoms with Gasteiger partial charge in [-0.05, 0) is 26.2 Å². The van der Waals surface area contributed by atoms with Gasteiger partial charge in [0.05, 0.1) is 0 Å². The lowest BCUT2D eigenvalue weighted by molar-refractivity contribution is -0.132. The maximum atomic E-state index is 10.6. The first kappa shape index (κ1) is 11.2. The van der Waals surface area contributed by atoms with E-state index in [1.807, 2.05) is 6.92 Å². The van der Waals surface area contributed by atoms with Gasteiger partial charge in [0.1, 0.15) is 0 Å². The highest BCUT2D eigenvalue weighted by Gasteiger charge is 2.06. The molecule has 0 aromatic carbocycles. The molecule has 0 aliphatic rings. The molecule has 0 heterocycles. The van der Waals surface area contributed by atoms with Crippen LogP contribution in [-0.2, 0) is 4.79 Å². The summed E-state index contributed by atoms with van der Waals surface area (Å²) < 4.78 is 0. The third-order valence-corrected chi connectivity index (χ3v) is 2.11. The van der Waals surface area contributed by atoms with Crippen LogP contribution < -0.4 is 0 Å². The zero-order chi connectivity index (χ0) is 9.56. The fourth-order valence-electron chi connectivity index (χ4n) is 1.17. The van der Waals surface area contributed by atoms with Gasteiger partial charge in [0.15, 0.2) is 0 Å². The van der Waals surface area contributed by atoms with Gasteiger partial charge in [0.2, 0.25) is 0 Å². The standard InChI is InChI=1S/C10H18O2/c1-4-6-7-9(5-2)8(3)10(11)12/h4-7H2,1-3H3,(H,11,12)/b9-8+. The Bertz CT molecular complexity index is 180. The number of aliphatic carboxylic acids is 1. The monoisotopic (exact) mass is 170 g/mol. The van der Waals surface area contributed by atoms with Gasteiger partial charge in [-0.25, -0.2) is 4.79 Å². The third kappa shape index (κ3) is 3.56. The molecule has 0 atom stereocenters. The number of rotatable bonds is 5. The van der Waals surface area contributed by atoms with Crippen LogP contribution >= 0.6 is 0 Å². The van der Waals surface area contributed by atoms with Gasteiger partial charge in [-0.1, -0.05) is 25.8 Å². The molecule has 0 radical (unpaired) electrons. The van der Waals surface area contributed by atoms with Crippen LogP contribution in [0.5, 0.6) is 0 Å². The van der Waals surface area contributed by atoms with E-state index in [1.54, 1.807) is 6.92 Å². The second-order valence-corrected chi connectivity index (χ2v) is 2.99. The molecule has 1 N–H and O–H groups in total. The zero-order valence-electron chi connectivity index (χ0n) is 8.18. The summed E-state index contributed by atoms with van der Waals surface area (Å²) in [7, 11) is 0. The van der Waals surface area contributed by atoms with Gasteiger partial charge in [-0.15, -0.1) is 0 Å². The number of hydrogen-bond acceptors (Lipinski definition) is 1. The molecule has 12 heavy (non-hydrogen) atoms. The highest BCUT2D eigenvalue weighted by atomic mass is 16.4. The summed E-state index contributed by atoms with van der Waals surface area (Å²) in [5.74, 6) is -0.775. The quantitative estimate of drug-likeness (QED) is 0.644. The molecule has 0 rings (SSSR count). The fraction of sp³-hybridized carbons (Fsp3) is 0.700. The lowest BCUT2D eigenvalue weighted by atomic mass is 10.0. The molecule has 0 spiro atoms. The van der Waals surface area contributed by atoms with Gasteiger partial charge < -0.3 is 5.11 Å². The van der Waals surface area contributed by atoms with Crippen molar-refractivity contribution in [3.63, 3.8) is 0 Å². The summed E-state index contributed by atoms with van der Waals surface area (Å²) in [4.78, 5) is 10.6. The topological polar surface area (TPSA) is 37.3 Å². The molecular formula is C10H18O2. The predicted molar refractivity (Wildman–Crippen MR) is 50.2 cm³/mol. The van der Waals surface area contributed by atoms with E-state index in [1.165, 1.54) is 0 Å². The summed E-state index contributed by atoms with van der Waals surface area (Å²) in [6.07, 6.45) is 4.01. The largest absolute Gasteiger partial charge is 0.478 e. The maximum Gasteiger partial charge on any atom is 0.331 e. The molecular weight excluding hydrogens is 152 g/mol. The molecule has 70 valence electrons. The molecule has 0 unspecified atom stereocenters. The van der Waals surface area contributed by atoms with E-state index in [9.17, 15) is 4.79 Å². The second-order valence-electron chi connectivity index (χ2n) is 2.99. The number of unbranched alkanes of at least 4 members (excludes halogenated alkanes) is 1. The van der Waals surface area contributed by atoms with Crippen molar-refractivity contribution in [3.05, 3.63) is 11.1 Å². The lowest BCUT2D eigenvalue weighted by Crippen LogP contribution is -2.00. The third-order valence-electron chi connectivity index (χ3n) is 2.11. The van der Waals surface area contributed by atoms with E-state index >= 15 is 0 Å². The number of carbonyl (C=O) groups is 1. The Labute approximate surface area is 74.3 Å². The number of allylic oxidation sites excluding steroid dienone is 1. The van der Waals surface area contributed by atoms with E-state index in [4.69, 9.17) is 5.11 Å². The van der Waals surface area contributed by atoms with Crippen LogP contribution in [0.3, 0.4) is 0 Å². The van der Waals surface area contributed by atoms with Crippen LogP contribution in [0.1, 0.15) is 46.5 Å². The molecule has 2 nitrogen and oxygen atoms in total. The second kappa shape index (κ2) is 5.81. The van der Waals surface area contributed by atoms with E-state index in [0.29, 0.717) is 5.57 Å². The first-order valence-corrected chi connectivity index (χ1v) is 4.55. The number of hydrogen-bond donors (Lipinski definition) is 1. The van der Waals surface area contributed by atoms with Crippen molar-refractivity contribution in [2.24, 2.45) is 0 Å². The minimum absolute atomic E-state index is 0.533. The Hall–Kier alpha value is -0.790. The van der Waals surface area contributed by atoms with Crippen LogP contribution in [-0.4, -0.2) is 11.1 Å². The van der Waals surface area contributed by atoms with E-state index < -0.39 is 5.97 Å². The SMILES string of the molecule is CCCC/C(CC)=C(\C)C(=O)O. The van der Waals surface area contributed by atoms with Crippen molar-refractivity contribution in [2.75, 3.05) is 0 Å². The Morgan fingerprint density at radius 2 is 1.92 bits per heavy atom. The van der Waals surface area contributed by atoms with Gasteiger partial charge in [0.25, 0.3) is 0 Å². The van der Waals surface area contributed by atoms with Crippen LogP contribution in [0.2, 0.25) is 0 Å². The first-order valence-electron chi connectivity index (χ1n) is 4.55. The zero-order valence-corrected chi connectivity index (χ0v) is 8.18. The van der Waals surface area contributed by atoms with E-state index in [-0.39, 0.29) is 0 Å². The summed E-state index contributed by atoms with van der Waals surface area (Å²) in [6, 6.07) is 0. The average molecular weight is 170 g/mol. The van der Waals surface area contributed by atoms with Crippen molar-refractivity contribution in [1.82, 2.24) is 0 Å². The summed E-state index contributed by atoms with van der Waals surface area (Å²) in [5.41, 5.74) is 1.62. The maximum absolute atomic E-state index is 10.6. The number of carboxylic acids is 1. The molecule has 0 amide bonds. The highest BCUT2D eigenvalue weighted by molar-refractivity contribution is 5.86. The van der Waals surface area contributed by atoms with Crippen molar-refractivity contribution >= 4 is 5.97 Å². The summed E-state index contributed by atoms with van der Waals surface area (Å²) in [5, 5.41) is 8.72. The van der Waals surface area contributed by atoms with Crippen molar-refractivity contribution < 1.29 is 9.90 Å². The molecule has 0 saturated heterocycles. The van der Waals surface area contributed by atoms with Gasteiger partial charge in [0, 0.05) is 5.57 Å². The van der Waals surface area contributed by atoms with Crippen LogP contribution in [0.25, 0.3) is 0 Å². The molecule has 0 aliphatic heterocycles. The first-order chi connectivity index (χ1) is 5.63. The fourth-order valence-corrected chi connectivity index (χ4v) is 1.17.